The Hall–Kier alpha value is -7.37. The predicted octanol–water partition coefficient (Wildman–Crippen LogP) is 9.59. The molecule has 2 unspecified atom stereocenters. The van der Waals surface area contributed by atoms with Gasteiger partial charge in [-0.15, -0.1) is 0 Å². The number of amides is 2. The highest BCUT2D eigenvalue weighted by atomic mass is 19.4. The zero-order valence-corrected chi connectivity index (χ0v) is 36.9. The smallest absolute Gasteiger partial charge is 0.417 e. The van der Waals surface area contributed by atoms with Crippen LogP contribution in [0.25, 0.3) is 0 Å². The molecule has 0 aliphatic carbocycles. The quantitative estimate of drug-likeness (QED) is 0.0861. The lowest BCUT2D eigenvalue weighted by molar-refractivity contribution is -0.140. The number of hydrogen-bond acceptors (Lipinski definition) is 10. The van der Waals surface area contributed by atoms with Gasteiger partial charge in [0.15, 0.2) is 11.4 Å². The minimum atomic E-state index is -4.90. The number of nitrogens with zero attached hydrogens (tertiary/aromatic N) is 1. The molecule has 0 saturated heterocycles. The van der Waals surface area contributed by atoms with Crippen LogP contribution in [0.4, 0.5) is 36.8 Å². The molecule has 2 aliphatic rings. The molecule has 0 bridgehead atoms. The van der Waals surface area contributed by atoms with Gasteiger partial charge in [0.1, 0.15) is 18.1 Å². The van der Waals surface area contributed by atoms with Crippen molar-refractivity contribution in [2.45, 2.75) is 64.3 Å². The van der Waals surface area contributed by atoms with Crippen molar-refractivity contribution in [1.29, 1.82) is 0 Å². The fourth-order valence-corrected chi connectivity index (χ4v) is 7.55. The Balaban J connectivity index is 0.000000238. The fraction of sp³-hybridized carbons (Fsp3) is 0.286. The molecule has 2 atom stereocenters. The van der Waals surface area contributed by atoms with Gasteiger partial charge >= 0.3 is 30.4 Å². The van der Waals surface area contributed by atoms with E-state index < -0.39 is 69.7 Å². The van der Waals surface area contributed by atoms with Crippen LogP contribution in [0.2, 0.25) is 0 Å². The Kier molecular flexibility index (Phi) is 14.1. The molecule has 1 N–H and O–H groups in total. The number of benzene rings is 5. The summed E-state index contributed by atoms with van der Waals surface area (Å²) in [6, 6.07) is 26.3. The normalized spacial score (nSPS) is 17.6. The second kappa shape index (κ2) is 19.2. The van der Waals surface area contributed by atoms with Gasteiger partial charge in [0, 0.05) is 36.2 Å². The molecule has 0 aromatic heterocycles. The van der Waals surface area contributed by atoms with E-state index in [4.69, 9.17) is 14.2 Å². The van der Waals surface area contributed by atoms with Crippen molar-refractivity contribution in [3.05, 3.63) is 159 Å². The van der Waals surface area contributed by atoms with E-state index in [0.29, 0.717) is 17.2 Å². The number of ketones is 1. The number of esters is 2. The summed E-state index contributed by atoms with van der Waals surface area (Å²) in [6.45, 7) is 6.43. The lowest BCUT2D eigenvalue weighted by Crippen LogP contribution is -2.54. The minimum absolute atomic E-state index is 0.0279. The van der Waals surface area contributed by atoms with Gasteiger partial charge in [-0.05, 0) is 57.5 Å². The Morgan fingerprint density at radius 3 is 1.75 bits per heavy atom. The van der Waals surface area contributed by atoms with Crippen LogP contribution < -0.4 is 19.7 Å². The molecule has 2 amide bonds. The summed E-state index contributed by atoms with van der Waals surface area (Å²) in [5.41, 5.74) is -3.31. The third-order valence-electron chi connectivity index (χ3n) is 11.1. The molecule has 0 fully saturated rings. The highest BCUT2D eigenvalue weighted by molar-refractivity contribution is 6.05. The number of Topliss-reactive ketones (excluding diaryl/α,β-unsaturated/α-hetero) is 1. The van der Waals surface area contributed by atoms with Gasteiger partial charge < -0.3 is 33.9 Å². The highest BCUT2D eigenvalue weighted by Crippen LogP contribution is 2.47. The molecule has 352 valence electrons. The fourth-order valence-electron chi connectivity index (χ4n) is 7.55. The number of halogens is 6. The van der Waals surface area contributed by atoms with E-state index in [1.165, 1.54) is 18.7 Å². The maximum absolute atomic E-state index is 13.9. The van der Waals surface area contributed by atoms with Gasteiger partial charge in [0.05, 0.1) is 42.2 Å². The molecular weight excluding hydrogens is 891 g/mol. The van der Waals surface area contributed by atoms with Crippen LogP contribution in [0, 0.1) is 13.8 Å². The summed E-state index contributed by atoms with van der Waals surface area (Å²) in [5.74, 6) is -3.58. The van der Waals surface area contributed by atoms with Crippen molar-refractivity contribution in [2.75, 3.05) is 32.2 Å². The molecule has 2 aliphatic heterocycles. The predicted molar refractivity (Wildman–Crippen MR) is 230 cm³/mol. The molecule has 5 aromatic rings. The van der Waals surface area contributed by atoms with E-state index in [-0.39, 0.29) is 54.7 Å². The van der Waals surface area contributed by atoms with E-state index in [2.05, 4.69) is 14.8 Å². The largest absolute Gasteiger partial charge is 0.475 e. The molecule has 0 spiro atoms. The van der Waals surface area contributed by atoms with Gasteiger partial charge in [-0.1, -0.05) is 90.0 Å². The molecule has 12 nitrogen and oxygen atoms in total. The molecule has 0 radical (unpaired) electrons. The maximum atomic E-state index is 13.9. The van der Waals surface area contributed by atoms with Crippen LogP contribution in [-0.2, 0) is 60.4 Å². The number of alkyl carbamates (subject to hydrolysis) is 1. The Morgan fingerprint density at radius 1 is 0.687 bits per heavy atom. The van der Waals surface area contributed by atoms with Crippen molar-refractivity contribution in [3.8, 4) is 11.5 Å². The second-order valence-corrected chi connectivity index (χ2v) is 15.9. The number of ether oxygens (including phenoxy) is 5. The number of methoxy groups -OCH3 is 2. The van der Waals surface area contributed by atoms with E-state index in [1.54, 1.807) is 73.7 Å². The number of carbonyl (C=O) groups is 5. The van der Waals surface area contributed by atoms with Crippen molar-refractivity contribution >= 4 is 35.4 Å². The van der Waals surface area contributed by atoms with E-state index >= 15 is 0 Å². The van der Waals surface area contributed by atoms with Gasteiger partial charge in [-0.25, -0.2) is 14.4 Å². The SMILES string of the molecule is COC(=O)c1cc2c(cc1C(F)(F)F)OC(C)(c1cccc(C)c1)C(=O)C2.COC(=O)c1cc2c(cc1C(F)(F)F)OC(C)(c1cccc(C)c1)C(=O)N2CCNC(=O)OCc1ccccc1. The zero-order valence-electron chi connectivity index (χ0n) is 36.9. The first kappa shape index (κ1) is 49.1. The summed E-state index contributed by atoms with van der Waals surface area (Å²) in [7, 11) is 1.96. The van der Waals surface area contributed by atoms with E-state index in [1.807, 2.05) is 19.1 Å². The van der Waals surface area contributed by atoms with Gasteiger partial charge in [-0.2, -0.15) is 26.3 Å². The number of carbonyl (C=O) groups excluding carboxylic acids is 5. The van der Waals surface area contributed by atoms with Crippen molar-refractivity contribution in [1.82, 2.24) is 5.32 Å². The Morgan fingerprint density at radius 2 is 1.21 bits per heavy atom. The van der Waals surface area contributed by atoms with Crippen LogP contribution in [0.15, 0.2) is 103 Å². The van der Waals surface area contributed by atoms with Gasteiger partial charge in [-0.3, -0.25) is 9.59 Å². The molecule has 5 aromatic carbocycles. The maximum Gasteiger partial charge on any atom is 0.417 e. The second-order valence-electron chi connectivity index (χ2n) is 15.9. The van der Waals surface area contributed by atoms with Crippen molar-refractivity contribution < 1.29 is 74.0 Å². The standard InChI is InChI=1S/C29H27F3N2O6.C20H17F3O4/c1-18-8-7-11-20(14-18)28(2)26(36)34(13-12-33-27(37)39-17-19-9-5-4-6-10-19)23-15-21(25(35)38-3)22(29(30,31)32)16-24(23)40-28;1-11-5-4-6-13(7-11)19(2)17(24)9-12-8-14(18(25)26-3)15(20(21,22)23)10-16(12)27-19/h4-11,14-16H,12-13,17H2,1-3H3,(H,33,37);4-8,10H,9H2,1-3H3. The minimum Gasteiger partial charge on any atom is -0.475 e. The van der Waals surface area contributed by atoms with E-state index in [9.17, 15) is 50.3 Å². The first-order valence-corrected chi connectivity index (χ1v) is 20.5. The lowest BCUT2D eigenvalue weighted by Gasteiger charge is -2.41. The van der Waals surface area contributed by atoms with Crippen LogP contribution in [-0.4, -0.2) is 57.0 Å². The molecule has 67 heavy (non-hydrogen) atoms. The van der Waals surface area contributed by atoms with Crippen LogP contribution in [0.1, 0.15) is 79.1 Å². The highest BCUT2D eigenvalue weighted by Gasteiger charge is 2.49. The first-order valence-electron chi connectivity index (χ1n) is 20.5. The third-order valence-corrected chi connectivity index (χ3v) is 11.1. The van der Waals surface area contributed by atoms with Crippen LogP contribution in [0.3, 0.4) is 0 Å². The third kappa shape index (κ3) is 10.5. The molecule has 18 heteroatoms. The molecular formula is C49H44F6N2O10. The zero-order chi connectivity index (χ0) is 49.1. The van der Waals surface area contributed by atoms with Crippen molar-refractivity contribution in [2.24, 2.45) is 0 Å². The average molecular weight is 935 g/mol. The Bertz CT molecular complexity index is 2720. The topological polar surface area (TPSA) is 147 Å². The van der Waals surface area contributed by atoms with Gasteiger partial charge in [0.2, 0.25) is 5.60 Å². The monoisotopic (exact) mass is 934 g/mol. The Labute approximate surface area is 380 Å². The first-order chi connectivity index (χ1) is 31.5. The summed E-state index contributed by atoms with van der Waals surface area (Å²) < 4.78 is 108. The number of fused-ring (bicyclic) bond motifs is 2. The van der Waals surface area contributed by atoms with Crippen LogP contribution >= 0.6 is 0 Å². The van der Waals surface area contributed by atoms with Crippen molar-refractivity contribution in [3.63, 3.8) is 0 Å². The van der Waals surface area contributed by atoms with Crippen LogP contribution in [0.5, 0.6) is 11.5 Å². The molecule has 0 saturated carbocycles. The molecule has 2 heterocycles. The lowest BCUT2D eigenvalue weighted by atomic mass is 9.84. The number of alkyl halides is 6. The number of rotatable bonds is 9. The number of aryl methyl sites for hydroxylation is 2. The summed E-state index contributed by atoms with van der Waals surface area (Å²) in [4.78, 5) is 64.1. The number of nitrogens with one attached hydrogen (secondary N) is 1. The number of anilines is 1. The van der Waals surface area contributed by atoms with E-state index in [0.717, 1.165) is 49.1 Å². The molecule has 7 rings (SSSR count). The summed E-state index contributed by atoms with van der Waals surface area (Å²) >= 11 is 0. The average Bonchev–Trinajstić information content (AvgIpc) is 3.28. The number of hydrogen-bond donors (Lipinski definition) is 1. The summed E-state index contributed by atoms with van der Waals surface area (Å²) in [5, 5.41) is 2.54. The van der Waals surface area contributed by atoms with Gasteiger partial charge in [0.25, 0.3) is 5.91 Å². The summed E-state index contributed by atoms with van der Waals surface area (Å²) in [6.07, 6.45) is -10.6.